The third-order valence-corrected chi connectivity index (χ3v) is 3.33. The van der Waals surface area contributed by atoms with Gasteiger partial charge in [-0.25, -0.2) is 9.18 Å². The first-order chi connectivity index (χ1) is 7.49. The van der Waals surface area contributed by atoms with E-state index in [4.69, 9.17) is 16.7 Å². The van der Waals surface area contributed by atoms with E-state index in [0.717, 1.165) is 0 Å². The van der Waals surface area contributed by atoms with Crippen LogP contribution in [-0.2, 0) is 10.2 Å². The number of aliphatic carboxylic acids is 1. The predicted molar refractivity (Wildman–Crippen MR) is 56.0 cm³/mol. The Morgan fingerprint density at radius 3 is 2.62 bits per heavy atom. The molecule has 1 atom stereocenters. The zero-order valence-electron chi connectivity index (χ0n) is 8.28. The van der Waals surface area contributed by atoms with Crippen LogP contribution in [0, 0.1) is 5.82 Å². The van der Waals surface area contributed by atoms with Crippen molar-refractivity contribution in [3.8, 4) is 0 Å². The number of rotatable bonds is 3. The normalized spacial score (nSPS) is 19.2. The quantitative estimate of drug-likeness (QED) is 0.855. The molecule has 1 unspecified atom stereocenters. The predicted octanol–water partition coefficient (Wildman–Crippen LogP) is 1.96. The Bertz CT molecular complexity index is 443. The summed E-state index contributed by atoms with van der Waals surface area (Å²) in [4.78, 5) is 10.8. The molecule has 1 aliphatic carbocycles. The Morgan fingerprint density at radius 1 is 1.50 bits per heavy atom. The number of carboxylic acid groups (broad SMARTS) is 1. The van der Waals surface area contributed by atoms with Crippen LogP contribution in [0.2, 0.25) is 5.02 Å². The molecule has 1 saturated carbocycles. The van der Waals surface area contributed by atoms with Crippen LogP contribution in [0.25, 0.3) is 0 Å². The molecule has 86 valence electrons. The maximum Gasteiger partial charge on any atom is 0.333 e. The Hall–Kier alpha value is -1.13. The van der Waals surface area contributed by atoms with Crippen molar-refractivity contribution >= 4 is 17.6 Å². The summed E-state index contributed by atoms with van der Waals surface area (Å²) in [6.07, 6.45) is -0.671. The van der Waals surface area contributed by atoms with Crippen molar-refractivity contribution in [1.29, 1.82) is 0 Å². The molecule has 1 aromatic carbocycles. The minimum Gasteiger partial charge on any atom is -0.479 e. The standard InChI is InChI=1S/C11H10ClFO3/c12-7-3-1-2-6(8(7)13)11(4-5-11)9(14)10(15)16/h1-3,9,14H,4-5H2,(H,15,16). The molecule has 0 spiro atoms. The smallest absolute Gasteiger partial charge is 0.333 e. The van der Waals surface area contributed by atoms with Gasteiger partial charge in [-0.3, -0.25) is 0 Å². The molecule has 3 nitrogen and oxygen atoms in total. The summed E-state index contributed by atoms with van der Waals surface area (Å²) in [5.74, 6) is -1.97. The average Bonchev–Trinajstić information content (AvgIpc) is 3.02. The number of hydrogen-bond donors (Lipinski definition) is 2. The van der Waals surface area contributed by atoms with Crippen LogP contribution in [0.15, 0.2) is 18.2 Å². The van der Waals surface area contributed by atoms with Gasteiger partial charge in [0.2, 0.25) is 0 Å². The number of carbonyl (C=O) groups is 1. The van der Waals surface area contributed by atoms with Crippen LogP contribution < -0.4 is 0 Å². The molecule has 0 radical (unpaired) electrons. The van der Waals surface area contributed by atoms with Crippen molar-refractivity contribution in [3.63, 3.8) is 0 Å². The molecule has 2 N–H and O–H groups in total. The minimum atomic E-state index is -1.58. The second kappa shape index (κ2) is 3.71. The van der Waals surface area contributed by atoms with Crippen molar-refractivity contribution in [2.24, 2.45) is 0 Å². The van der Waals surface area contributed by atoms with E-state index in [1.165, 1.54) is 12.1 Å². The molecular formula is C11H10ClFO3. The average molecular weight is 245 g/mol. The lowest BCUT2D eigenvalue weighted by Gasteiger charge is -2.20. The second-order valence-electron chi connectivity index (χ2n) is 4.00. The van der Waals surface area contributed by atoms with Gasteiger partial charge in [-0.2, -0.15) is 0 Å². The largest absolute Gasteiger partial charge is 0.479 e. The van der Waals surface area contributed by atoms with E-state index in [1.54, 1.807) is 6.07 Å². The number of benzene rings is 1. The first-order valence-electron chi connectivity index (χ1n) is 4.84. The first kappa shape index (κ1) is 11.4. The van der Waals surface area contributed by atoms with Crippen molar-refractivity contribution in [2.75, 3.05) is 0 Å². The zero-order valence-corrected chi connectivity index (χ0v) is 9.04. The summed E-state index contributed by atoms with van der Waals surface area (Å²) in [6, 6.07) is 4.42. The minimum absolute atomic E-state index is 0.0543. The second-order valence-corrected chi connectivity index (χ2v) is 4.41. The zero-order chi connectivity index (χ0) is 11.9. The highest BCUT2D eigenvalue weighted by Gasteiger charge is 2.54. The molecule has 0 aromatic heterocycles. The molecule has 0 amide bonds. The summed E-state index contributed by atoms with van der Waals surface area (Å²) in [5.41, 5.74) is -0.809. The molecule has 5 heteroatoms. The van der Waals surface area contributed by atoms with Crippen molar-refractivity contribution in [2.45, 2.75) is 24.4 Å². The number of hydrogen-bond acceptors (Lipinski definition) is 2. The molecule has 1 fully saturated rings. The molecule has 0 heterocycles. The van der Waals surface area contributed by atoms with E-state index < -0.39 is 23.3 Å². The third kappa shape index (κ3) is 1.58. The van der Waals surface area contributed by atoms with Gasteiger partial charge in [0.25, 0.3) is 0 Å². The Morgan fingerprint density at radius 2 is 2.12 bits per heavy atom. The van der Waals surface area contributed by atoms with E-state index in [1.807, 2.05) is 0 Å². The summed E-state index contributed by atoms with van der Waals surface area (Å²) in [6.45, 7) is 0. The van der Waals surface area contributed by atoms with Gasteiger partial charge >= 0.3 is 5.97 Å². The Kier molecular flexibility index (Phi) is 2.64. The molecule has 2 rings (SSSR count). The molecule has 0 saturated heterocycles. The maximum absolute atomic E-state index is 13.7. The molecule has 0 bridgehead atoms. The van der Waals surface area contributed by atoms with Crippen LogP contribution in [0.3, 0.4) is 0 Å². The van der Waals surface area contributed by atoms with Crippen LogP contribution in [0.4, 0.5) is 4.39 Å². The van der Waals surface area contributed by atoms with E-state index >= 15 is 0 Å². The lowest BCUT2D eigenvalue weighted by Crippen LogP contribution is -2.34. The summed E-state index contributed by atoms with van der Waals surface area (Å²) in [7, 11) is 0. The first-order valence-corrected chi connectivity index (χ1v) is 5.22. The van der Waals surface area contributed by atoms with Gasteiger partial charge in [0.1, 0.15) is 5.82 Å². The van der Waals surface area contributed by atoms with E-state index in [2.05, 4.69) is 0 Å². The third-order valence-electron chi connectivity index (χ3n) is 3.03. The van der Waals surface area contributed by atoms with E-state index in [0.29, 0.717) is 12.8 Å². The molecule has 0 aliphatic heterocycles. The van der Waals surface area contributed by atoms with Crippen LogP contribution >= 0.6 is 11.6 Å². The summed E-state index contributed by atoms with van der Waals surface area (Å²) in [5, 5.41) is 18.3. The number of carboxylic acids is 1. The van der Waals surface area contributed by atoms with Crippen LogP contribution in [-0.4, -0.2) is 22.3 Å². The van der Waals surface area contributed by atoms with Crippen molar-refractivity contribution in [1.82, 2.24) is 0 Å². The Balaban J connectivity index is 2.45. The fourth-order valence-electron chi connectivity index (χ4n) is 1.95. The van der Waals surface area contributed by atoms with Gasteiger partial charge in [0.05, 0.1) is 5.02 Å². The SMILES string of the molecule is O=C(O)C(O)C1(c2cccc(Cl)c2F)CC1. The highest BCUT2D eigenvalue weighted by Crippen LogP contribution is 2.52. The number of aliphatic hydroxyl groups is 1. The van der Waals surface area contributed by atoms with Gasteiger partial charge in [-0.05, 0) is 24.5 Å². The van der Waals surface area contributed by atoms with Crippen molar-refractivity contribution in [3.05, 3.63) is 34.6 Å². The topological polar surface area (TPSA) is 57.5 Å². The monoisotopic (exact) mass is 244 g/mol. The van der Waals surface area contributed by atoms with Gasteiger partial charge in [-0.1, -0.05) is 23.7 Å². The Labute approximate surface area is 96.5 Å². The summed E-state index contributed by atoms with van der Waals surface area (Å²) >= 11 is 5.63. The van der Waals surface area contributed by atoms with Gasteiger partial charge < -0.3 is 10.2 Å². The van der Waals surface area contributed by atoms with Crippen molar-refractivity contribution < 1.29 is 19.4 Å². The summed E-state index contributed by atoms with van der Waals surface area (Å²) < 4.78 is 13.7. The van der Waals surface area contributed by atoms with Gasteiger partial charge in [0.15, 0.2) is 6.10 Å². The van der Waals surface area contributed by atoms with Gasteiger partial charge in [0, 0.05) is 5.41 Å². The molecule has 16 heavy (non-hydrogen) atoms. The molecule has 1 aromatic rings. The lowest BCUT2D eigenvalue weighted by atomic mass is 9.89. The highest BCUT2D eigenvalue weighted by atomic mass is 35.5. The fraction of sp³-hybridized carbons (Fsp3) is 0.364. The highest BCUT2D eigenvalue weighted by molar-refractivity contribution is 6.30. The number of halogens is 2. The van der Waals surface area contributed by atoms with Gasteiger partial charge in [-0.15, -0.1) is 0 Å². The lowest BCUT2D eigenvalue weighted by molar-refractivity contribution is -0.148. The van der Waals surface area contributed by atoms with E-state index in [-0.39, 0.29) is 10.6 Å². The maximum atomic E-state index is 13.7. The van der Waals surface area contributed by atoms with Crippen LogP contribution in [0.5, 0.6) is 0 Å². The molecule has 1 aliphatic rings. The molecular weight excluding hydrogens is 235 g/mol. The number of aliphatic hydroxyl groups excluding tert-OH is 1. The van der Waals surface area contributed by atoms with Crippen LogP contribution in [0.1, 0.15) is 18.4 Å². The fourth-order valence-corrected chi connectivity index (χ4v) is 2.12. The van der Waals surface area contributed by atoms with E-state index in [9.17, 15) is 14.3 Å².